The molecule has 94 valence electrons. The molecule has 0 aromatic carbocycles. The number of nitrogen functional groups attached to an aromatic ring is 1. The molecular formula is C12H14N4OS. The van der Waals surface area contributed by atoms with Crippen molar-refractivity contribution in [2.45, 2.75) is 13.3 Å². The summed E-state index contributed by atoms with van der Waals surface area (Å²) in [5.41, 5.74) is 7.05. The lowest BCUT2D eigenvalue weighted by molar-refractivity contribution is 0.0954. The predicted octanol–water partition coefficient (Wildman–Crippen LogP) is 1.40. The minimum absolute atomic E-state index is 0.143. The summed E-state index contributed by atoms with van der Waals surface area (Å²) in [6.45, 7) is 2.52. The summed E-state index contributed by atoms with van der Waals surface area (Å²) < 4.78 is 0. The van der Waals surface area contributed by atoms with Gasteiger partial charge >= 0.3 is 0 Å². The number of nitrogens with one attached hydrogen (secondary N) is 1. The molecule has 1 amide bonds. The highest BCUT2D eigenvalue weighted by Crippen LogP contribution is 2.08. The first-order valence-corrected chi connectivity index (χ1v) is 6.44. The van der Waals surface area contributed by atoms with E-state index in [9.17, 15) is 4.79 Å². The molecule has 5 nitrogen and oxygen atoms in total. The molecule has 0 radical (unpaired) electrons. The van der Waals surface area contributed by atoms with Gasteiger partial charge in [-0.25, -0.2) is 9.97 Å². The van der Waals surface area contributed by atoms with E-state index in [1.807, 2.05) is 12.3 Å². The summed E-state index contributed by atoms with van der Waals surface area (Å²) in [5.74, 6) is 0.203. The minimum atomic E-state index is -0.143. The third-order valence-electron chi connectivity index (χ3n) is 2.38. The molecule has 0 aliphatic carbocycles. The number of aryl methyl sites for hydroxylation is 1. The summed E-state index contributed by atoms with van der Waals surface area (Å²) >= 11 is 1.61. The molecule has 0 aliphatic heterocycles. The van der Waals surface area contributed by atoms with Crippen molar-refractivity contribution in [1.82, 2.24) is 15.3 Å². The Hall–Kier alpha value is -1.95. The first-order chi connectivity index (χ1) is 8.65. The van der Waals surface area contributed by atoms with Crippen molar-refractivity contribution in [2.24, 2.45) is 0 Å². The fraction of sp³-hybridized carbons (Fsp3) is 0.250. The van der Waals surface area contributed by atoms with Crippen LogP contribution in [0.2, 0.25) is 0 Å². The van der Waals surface area contributed by atoms with Crippen LogP contribution in [0.25, 0.3) is 0 Å². The highest BCUT2D eigenvalue weighted by Gasteiger charge is 2.06. The molecule has 2 heterocycles. The second kappa shape index (κ2) is 5.59. The Kier molecular flexibility index (Phi) is 3.88. The fourth-order valence-corrected chi connectivity index (χ4v) is 2.17. The number of thiazole rings is 1. The van der Waals surface area contributed by atoms with Crippen LogP contribution in [-0.2, 0) is 6.42 Å². The number of carbonyl (C=O) groups excluding carboxylic acids is 1. The number of aromatic nitrogens is 2. The van der Waals surface area contributed by atoms with Crippen molar-refractivity contribution < 1.29 is 4.79 Å². The number of hydrogen-bond donors (Lipinski definition) is 2. The summed E-state index contributed by atoms with van der Waals surface area (Å²) in [6.07, 6.45) is 2.25. The molecule has 0 aliphatic rings. The fourth-order valence-electron chi connectivity index (χ4n) is 1.52. The van der Waals surface area contributed by atoms with Crippen molar-refractivity contribution in [3.05, 3.63) is 40.0 Å². The van der Waals surface area contributed by atoms with Gasteiger partial charge in [0.1, 0.15) is 5.82 Å². The molecule has 0 atom stereocenters. The van der Waals surface area contributed by atoms with E-state index in [4.69, 9.17) is 5.73 Å². The maximum absolute atomic E-state index is 11.8. The normalized spacial score (nSPS) is 10.3. The van der Waals surface area contributed by atoms with E-state index in [0.29, 0.717) is 17.9 Å². The number of pyridine rings is 1. The first-order valence-electron chi connectivity index (χ1n) is 5.56. The van der Waals surface area contributed by atoms with E-state index in [-0.39, 0.29) is 5.91 Å². The van der Waals surface area contributed by atoms with E-state index >= 15 is 0 Å². The van der Waals surface area contributed by atoms with Crippen molar-refractivity contribution >= 4 is 23.1 Å². The van der Waals surface area contributed by atoms with Gasteiger partial charge in [-0.1, -0.05) is 0 Å². The summed E-state index contributed by atoms with van der Waals surface area (Å²) in [7, 11) is 0. The van der Waals surface area contributed by atoms with Gasteiger partial charge < -0.3 is 11.1 Å². The Morgan fingerprint density at radius 2 is 2.39 bits per heavy atom. The van der Waals surface area contributed by atoms with Gasteiger partial charge in [0.25, 0.3) is 5.91 Å². The largest absolute Gasteiger partial charge is 0.384 e. The van der Waals surface area contributed by atoms with Gasteiger partial charge in [0.2, 0.25) is 0 Å². The van der Waals surface area contributed by atoms with Crippen molar-refractivity contribution in [3.8, 4) is 0 Å². The summed E-state index contributed by atoms with van der Waals surface area (Å²) in [5, 5.41) is 5.87. The number of nitrogens with two attached hydrogens (primary N) is 1. The van der Waals surface area contributed by atoms with Crippen LogP contribution in [0.5, 0.6) is 0 Å². The molecular weight excluding hydrogens is 248 g/mol. The summed E-state index contributed by atoms with van der Waals surface area (Å²) in [6, 6.07) is 3.20. The standard InChI is InChI=1S/C12H14N4OS/c1-8-16-10(7-18-8)3-5-15-12(17)9-2-4-14-11(13)6-9/h2,4,6-7H,3,5H2,1H3,(H2,13,14)(H,15,17). The second-order valence-corrected chi connectivity index (χ2v) is 4.90. The predicted molar refractivity (Wildman–Crippen MR) is 71.5 cm³/mol. The third kappa shape index (κ3) is 3.27. The molecule has 0 saturated carbocycles. The quantitative estimate of drug-likeness (QED) is 0.872. The van der Waals surface area contributed by atoms with Crippen molar-refractivity contribution in [1.29, 1.82) is 0 Å². The lowest BCUT2D eigenvalue weighted by atomic mass is 10.2. The molecule has 2 aromatic heterocycles. The maximum Gasteiger partial charge on any atom is 0.251 e. The maximum atomic E-state index is 11.8. The Balaban J connectivity index is 1.85. The number of hydrogen-bond acceptors (Lipinski definition) is 5. The van der Waals surface area contributed by atoms with Crippen LogP contribution in [0.15, 0.2) is 23.7 Å². The smallest absolute Gasteiger partial charge is 0.251 e. The van der Waals surface area contributed by atoms with E-state index in [1.54, 1.807) is 23.5 Å². The van der Waals surface area contributed by atoms with Gasteiger partial charge in [0, 0.05) is 30.1 Å². The Labute approximate surface area is 109 Å². The molecule has 2 aromatic rings. The van der Waals surface area contributed by atoms with Crippen LogP contribution >= 0.6 is 11.3 Å². The highest BCUT2D eigenvalue weighted by atomic mass is 32.1. The molecule has 0 spiro atoms. The summed E-state index contributed by atoms with van der Waals surface area (Å²) in [4.78, 5) is 20.0. The van der Waals surface area contributed by atoms with Gasteiger partial charge in [-0.3, -0.25) is 4.79 Å². The topological polar surface area (TPSA) is 80.9 Å². The molecule has 0 unspecified atom stereocenters. The van der Waals surface area contributed by atoms with Gasteiger partial charge in [0.15, 0.2) is 0 Å². The molecule has 6 heteroatoms. The lowest BCUT2D eigenvalue weighted by Crippen LogP contribution is -2.25. The lowest BCUT2D eigenvalue weighted by Gasteiger charge is -2.04. The average molecular weight is 262 g/mol. The van der Waals surface area contributed by atoms with E-state index in [2.05, 4.69) is 15.3 Å². The van der Waals surface area contributed by atoms with Crippen LogP contribution in [-0.4, -0.2) is 22.4 Å². The highest BCUT2D eigenvalue weighted by molar-refractivity contribution is 7.09. The van der Waals surface area contributed by atoms with Gasteiger partial charge in [-0.15, -0.1) is 11.3 Å². The Morgan fingerprint density at radius 1 is 1.56 bits per heavy atom. The van der Waals surface area contributed by atoms with E-state index in [1.165, 1.54) is 6.20 Å². The zero-order valence-electron chi connectivity index (χ0n) is 10.0. The van der Waals surface area contributed by atoms with Crippen LogP contribution in [0.1, 0.15) is 21.1 Å². The third-order valence-corrected chi connectivity index (χ3v) is 3.20. The van der Waals surface area contributed by atoms with Crippen LogP contribution in [0.3, 0.4) is 0 Å². The first kappa shape index (κ1) is 12.5. The zero-order chi connectivity index (χ0) is 13.0. The number of anilines is 1. The number of amides is 1. The molecule has 18 heavy (non-hydrogen) atoms. The molecule has 3 N–H and O–H groups in total. The van der Waals surface area contributed by atoms with E-state index < -0.39 is 0 Å². The van der Waals surface area contributed by atoms with E-state index in [0.717, 1.165) is 17.1 Å². The van der Waals surface area contributed by atoms with Gasteiger partial charge in [-0.05, 0) is 19.1 Å². The second-order valence-electron chi connectivity index (χ2n) is 3.83. The van der Waals surface area contributed by atoms with Crippen LogP contribution in [0, 0.1) is 6.92 Å². The van der Waals surface area contributed by atoms with Crippen LogP contribution < -0.4 is 11.1 Å². The number of rotatable bonds is 4. The number of nitrogens with zero attached hydrogens (tertiary/aromatic N) is 2. The van der Waals surface area contributed by atoms with Gasteiger partial charge in [-0.2, -0.15) is 0 Å². The SMILES string of the molecule is Cc1nc(CCNC(=O)c2ccnc(N)c2)cs1. The average Bonchev–Trinajstić information content (AvgIpc) is 2.75. The molecule has 0 saturated heterocycles. The Morgan fingerprint density at radius 3 is 3.06 bits per heavy atom. The van der Waals surface area contributed by atoms with Crippen molar-refractivity contribution in [3.63, 3.8) is 0 Å². The minimum Gasteiger partial charge on any atom is -0.384 e. The number of carbonyl (C=O) groups is 1. The molecule has 0 bridgehead atoms. The van der Waals surface area contributed by atoms with Crippen LogP contribution in [0.4, 0.5) is 5.82 Å². The Bertz CT molecular complexity index is 553. The molecule has 0 fully saturated rings. The van der Waals surface area contributed by atoms with Crippen molar-refractivity contribution in [2.75, 3.05) is 12.3 Å². The van der Waals surface area contributed by atoms with Gasteiger partial charge in [0.05, 0.1) is 10.7 Å². The zero-order valence-corrected chi connectivity index (χ0v) is 10.8. The monoisotopic (exact) mass is 262 g/mol. The molecule has 2 rings (SSSR count).